The molecule has 1 aromatic carbocycles. The van der Waals surface area contributed by atoms with E-state index in [0.717, 1.165) is 30.0 Å². The van der Waals surface area contributed by atoms with Crippen LogP contribution < -0.4 is 10.1 Å². The Bertz CT molecular complexity index is 1050. The monoisotopic (exact) mass is 395 g/mol. The normalized spacial score (nSPS) is 29.0. The van der Waals surface area contributed by atoms with Gasteiger partial charge in [0.05, 0.1) is 6.20 Å². The molecular weight excluding hydrogens is 373 g/mol. The number of aromatic nitrogens is 4. The van der Waals surface area contributed by atoms with E-state index in [1.807, 2.05) is 12.1 Å². The molecule has 0 aliphatic carbocycles. The summed E-state index contributed by atoms with van der Waals surface area (Å²) >= 11 is 0. The Morgan fingerprint density at radius 3 is 2.97 bits per heavy atom. The highest BCUT2D eigenvalue weighted by atomic mass is 19.1. The van der Waals surface area contributed by atoms with Crippen LogP contribution in [0.3, 0.4) is 0 Å². The molecule has 2 aliphatic heterocycles. The van der Waals surface area contributed by atoms with Crippen LogP contribution in [0.2, 0.25) is 0 Å². The molecule has 5 rings (SSSR count). The molecule has 2 fully saturated rings. The van der Waals surface area contributed by atoms with Gasteiger partial charge in [0.2, 0.25) is 0 Å². The number of hydrogen-bond donors (Lipinski definition) is 2. The van der Waals surface area contributed by atoms with Crippen LogP contribution in [0.15, 0.2) is 36.8 Å². The molecule has 2 aromatic heterocycles. The number of nitrogens with zero attached hydrogens (tertiary/aromatic N) is 4. The molecule has 8 heteroatoms. The number of phenolic OH excluding ortho intramolecular Hbond substituents is 1. The predicted octanol–water partition coefficient (Wildman–Crippen LogP) is 3.18. The maximum absolute atomic E-state index is 14.8. The molecule has 2 bridgehead atoms. The second kappa shape index (κ2) is 6.88. The lowest BCUT2D eigenvalue weighted by atomic mass is 9.75. The van der Waals surface area contributed by atoms with E-state index >= 15 is 0 Å². The van der Waals surface area contributed by atoms with E-state index in [1.165, 1.54) is 6.20 Å². The Morgan fingerprint density at radius 1 is 1.24 bits per heavy atom. The number of ether oxygens (including phenoxy) is 1. The smallest absolute Gasteiger partial charge is 0.336 e. The molecule has 0 saturated carbocycles. The van der Waals surface area contributed by atoms with Gasteiger partial charge in [0.25, 0.3) is 0 Å². The first-order valence-electron chi connectivity index (χ1n) is 9.86. The molecule has 4 heterocycles. The first-order chi connectivity index (χ1) is 14.0. The van der Waals surface area contributed by atoms with E-state index in [-0.39, 0.29) is 23.3 Å². The average Bonchev–Trinajstić information content (AvgIpc) is 2.72. The molecule has 29 heavy (non-hydrogen) atoms. The molecule has 150 valence electrons. The molecule has 0 amide bonds. The summed E-state index contributed by atoms with van der Waals surface area (Å²) in [4.78, 5) is 8.27. The zero-order valence-corrected chi connectivity index (χ0v) is 16.0. The minimum absolute atomic E-state index is 0.0504. The van der Waals surface area contributed by atoms with Crippen LogP contribution in [0.25, 0.3) is 22.0 Å². The van der Waals surface area contributed by atoms with Gasteiger partial charge < -0.3 is 15.2 Å². The second-order valence-corrected chi connectivity index (χ2v) is 8.23. The third kappa shape index (κ3) is 3.37. The van der Waals surface area contributed by atoms with Crippen molar-refractivity contribution in [2.75, 3.05) is 0 Å². The van der Waals surface area contributed by atoms with Crippen molar-refractivity contribution in [3.8, 4) is 23.0 Å². The van der Waals surface area contributed by atoms with Gasteiger partial charge in [-0.05, 0) is 49.8 Å². The van der Waals surface area contributed by atoms with E-state index in [2.05, 4.69) is 32.4 Å². The number of nitrogens with one attached hydrogen (secondary N) is 1. The van der Waals surface area contributed by atoms with Crippen molar-refractivity contribution in [3.63, 3.8) is 0 Å². The molecular formula is C21H22FN5O2. The van der Waals surface area contributed by atoms with Gasteiger partial charge in [-0.15, -0.1) is 5.10 Å². The largest absolute Gasteiger partial charge is 0.507 e. The van der Waals surface area contributed by atoms with Crippen molar-refractivity contribution < 1.29 is 14.2 Å². The molecule has 2 aliphatic rings. The van der Waals surface area contributed by atoms with Gasteiger partial charge >= 0.3 is 6.01 Å². The van der Waals surface area contributed by atoms with Gasteiger partial charge in [0.1, 0.15) is 17.5 Å². The summed E-state index contributed by atoms with van der Waals surface area (Å²) in [5.74, 6) is 0.0678. The number of alkyl halides is 1. The summed E-state index contributed by atoms with van der Waals surface area (Å²) in [5, 5.41) is 23.7. The van der Waals surface area contributed by atoms with E-state index in [9.17, 15) is 9.50 Å². The quantitative estimate of drug-likeness (QED) is 0.703. The van der Waals surface area contributed by atoms with Crippen molar-refractivity contribution in [1.29, 1.82) is 0 Å². The molecule has 0 radical (unpaired) electrons. The Kier molecular flexibility index (Phi) is 4.31. The molecule has 3 aromatic rings. The zero-order valence-electron chi connectivity index (χ0n) is 16.0. The van der Waals surface area contributed by atoms with E-state index in [4.69, 9.17) is 4.74 Å². The lowest BCUT2D eigenvalue weighted by Gasteiger charge is -2.48. The first-order valence-corrected chi connectivity index (χ1v) is 9.86. The van der Waals surface area contributed by atoms with E-state index < -0.39 is 12.3 Å². The number of rotatable bonds is 3. The first kappa shape index (κ1) is 18.2. The fourth-order valence-electron chi connectivity index (χ4n) is 4.53. The zero-order chi connectivity index (χ0) is 20.0. The van der Waals surface area contributed by atoms with Gasteiger partial charge in [-0.25, -0.2) is 9.37 Å². The lowest BCUT2D eigenvalue weighted by molar-refractivity contribution is -0.0243. The minimum atomic E-state index is -1.11. The minimum Gasteiger partial charge on any atom is -0.507 e. The fraction of sp³-hybridized carbons (Fsp3) is 0.429. The Balaban J connectivity index is 1.37. The maximum atomic E-state index is 14.8. The summed E-state index contributed by atoms with van der Waals surface area (Å²) in [5.41, 5.74) is 0.817. The van der Waals surface area contributed by atoms with Crippen LogP contribution in [0.5, 0.6) is 11.8 Å². The summed E-state index contributed by atoms with van der Waals surface area (Å²) in [6.45, 7) is 2.11. The summed E-state index contributed by atoms with van der Waals surface area (Å²) < 4.78 is 20.6. The predicted molar refractivity (Wildman–Crippen MR) is 105 cm³/mol. The molecule has 1 unspecified atom stereocenters. The number of fused-ring (bicyclic) bond motifs is 3. The van der Waals surface area contributed by atoms with Crippen molar-refractivity contribution in [3.05, 3.63) is 36.8 Å². The number of phenols is 1. The van der Waals surface area contributed by atoms with Gasteiger partial charge in [-0.1, -0.05) is 5.10 Å². The van der Waals surface area contributed by atoms with Gasteiger partial charge in [-0.3, -0.25) is 4.98 Å². The number of aromatic hydroxyl groups is 1. The van der Waals surface area contributed by atoms with Crippen LogP contribution in [0.1, 0.15) is 32.6 Å². The number of pyridine rings is 1. The second-order valence-electron chi connectivity index (χ2n) is 8.23. The topological polar surface area (TPSA) is 93.0 Å². The number of hydrogen-bond acceptors (Lipinski definition) is 7. The summed E-state index contributed by atoms with van der Waals surface area (Å²) in [6.07, 6.45) is 6.56. The van der Waals surface area contributed by atoms with Crippen LogP contribution in [-0.2, 0) is 0 Å². The summed E-state index contributed by atoms with van der Waals surface area (Å²) in [6, 6.07) is 5.15. The molecule has 7 nitrogen and oxygen atoms in total. The van der Waals surface area contributed by atoms with Crippen molar-refractivity contribution in [2.45, 2.75) is 56.5 Å². The molecule has 0 spiro atoms. The van der Waals surface area contributed by atoms with Crippen LogP contribution in [0.4, 0.5) is 4.39 Å². The fourth-order valence-corrected chi connectivity index (χ4v) is 4.53. The van der Waals surface area contributed by atoms with E-state index in [0.29, 0.717) is 17.7 Å². The lowest BCUT2D eigenvalue weighted by Crippen LogP contribution is -2.64. The van der Waals surface area contributed by atoms with Crippen LogP contribution >= 0.6 is 0 Å². The van der Waals surface area contributed by atoms with Crippen molar-refractivity contribution in [1.82, 2.24) is 25.5 Å². The maximum Gasteiger partial charge on any atom is 0.336 e. The Morgan fingerprint density at radius 2 is 2.14 bits per heavy atom. The number of benzene rings is 1. The van der Waals surface area contributed by atoms with Crippen LogP contribution in [-0.4, -0.2) is 49.1 Å². The highest BCUT2D eigenvalue weighted by Gasteiger charge is 2.47. The van der Waals surface area contributed by atoms with Gasteiger partial charge in [-0.2, -0.15) is 0 Å². The third-order valence-corrected chi connectivity index (χ3v) is 6.00. The van der Waals surface area contributed by atoms with Gasteiger partial charge in [0, 0.05) is 41.3 Å². The molecule has 2 N–H and O–H groups in total. The SMILES string of the molecule is C[C@]12CCCC(N1)[C@@H](F)[C@H](Oc1ncc(-c3cc4ccncc4cc3O)nn1)C2. The molecule has 4 atom stereocenters. The third-order valence-electron chi connectivity index (χ3n) is 6.00. The van der Waals surface area contributed by atoms with Gasteiger partial charge in [0.15, 0.2) is 6.17 Å². The number of halogens is 1. The molecule has 2 saturated heterocycles. The van der Waals surface area contributed by atoms with E-state index in [1.54, 1.807) is 18.5 Å². The highest BCUT2D eigenvalue weighted by molar-refractivity contribution is 5.89. The standard InChI is InChI=1S/C21H22FN5O2/c1-21-5-2-3-15(25-21)19(22)18(9-21)29-20-24-11-16(26-27-20)14-7-12-4-6-23-10-13(12)8-17(14)28/h4,6-8,10-11,15,18-19,25,28H,2-3,5,9H2,1H3/t15?,18-,19-,21-/m1/s1. The van der Waals surface area contributed by atoms with Crippen molar-refractivity contribution in [2.24, 2.45) is 0 Å². The number of piperidine rings is 2. The van der Waals surface area contributed by atoms with Crippen LogP contribution in [0, 0.1) is 0 Å². The highest BCUT2D eigenvalue weighted by Crippen LogP contribution is 2.37. The van der Waals surface area contributed by atoms with Crippen molar-refractivity contribution >= 4 is 10.8 Å². The average molecular weight is 395 g/mol. The Hall–Kier alpha value is -2.87. The summed E-state index contributed by atoms with van der Waals surface area (Å²) in [7, 11) is 0. The Labute approximate surface area is 167 Å².